The van der Waals surface area contributed by atoms with Crippen molar-refractivity contribution in [2.75, 3.05) is 11.1 Å². The summed E-state index contributed by atoms with van der Waals surface area (Å²) in [5.74, 6) is -0.109. The molecule has 2 aromatic rings. The Balaban J connectivity index is 2.05. The van der Waals surface area contributed by atoms with Crippen molar-refractivity contribution in [3.63, 3.8) is 0 Å². The van der Waals surface area contributed by atoms with Crippen LogP contribution in [0.4, 0.5) is 10.1 Å². The lowest BCUT2D eigenvalue weighted by Crippen LogP contribution is -2.06. The molecule has 0 amide bonds. The highest BCUT2D eigenvalue weighted by Gasteiger charge is 2.12. The minimum Gasteiger partial charge on any atom is -0.381 e. The maximum Gasteiger partial charge on any atom is 0.178 e. The van der Waals surface area contributed by atoms with Gasteiger partial charge in [0.15, 0.2) is 9.84 Å². The second kappa shape index (κ2) is 6.72. The third kappa shape index (κ3) is 4.04. The Morgan fingerprint density at radius 1 is 1.05 bits per heavy atom. The van der Waals surface area contributed by atoms with E-state index in [1.54, 1.807) is 42.5 Å². The maximum atomic E-state index is 13.5. The van der Waals surface area contributed by atoms with Crippen LogP contribution in [0.25, 0.3) is 0 Å². The van der Waals surface area contributed by atoms with Crippen LogP contribution in [0.5, 0.6) is 0 Å². The van der Waals surface area contributed by atoms with Crippen molar-refractivity contribution >= 4 is 15.5 Å². The van der Waals surface area contributed by atoms with Crippen LogP contribution in [0.15, 0.2) is 53.4 Å². The van der Waals surface area contributed by atoms with Crippen molar-refractivity contribution < 1.29 is 12.8 Å². The highest BCUT2D eigenvalue weighted by Crippen LogP contribution is 2.17. The van der Waals surface area contributed by atoms with E-state index in [0.717, 1.165) is 5.69 Å². The lowest BCUT2D eigenvalue weighted by atomic mass is 10.2. The van der Waals surface area contributed by atoms with Gasteiger partial charge >= 0.3 is 0 Å². The van der Waals surface area contributed by atoms with Gasteiger partial charge in [0.25, 0.3) is 0 Å². The second-order valence-electron chi connectivity index (χ2n) is 4.79. The number of hydrogen-bond acceptors (Lipinski definition) is 3. The van der Waals surface area contributed by atoms with Crippen LogP contribution in [0.2, 0.25) is 0 Å². The van der Waals surface area contributed by atoms with Crippen LogP contribution in [0.1, 0.15) is 18.9 Å². The Morgan fingerprint density at radius 2 is 1.71 bits per heavy atom. The molecular formula is C16H18FNO2S. The first-order valence-electron chi connectivity index (χ1n) is 6.83. The minimum atomic E-state index is -3.19. The fraction of sp³-hybridized carbons (Fsp3) is 0.250. The van der Waals surface area contributed by atoms with Gasteiger partial charge in [0.05, 0.1) is 10.6 Å². The molecule has 0 aromatic heterocycles. The van der Waals surface area contributed by atoms with Gasteiger partial charge in [0.1, 0.15) is 5.82 Å². The summed E-state index contributed by atoms with van der Waals surface area (Å²) in [7, 11) is -3.19. The molecule has 0 heterocycles. The molecule has 0 fully saturated rings. The number of rotatable bonds is 6. The van der Waals surface area contributed by atoms with Gasteiger partial charge in [-0.2, -0.15) is 0 Å². The molecule has 0 radical (unpaired) electrons. The number of benzene rings is 2. The molecule has 0 aliphatic carbocycles. The Hall–Kier alpha value is -1.88. The van der Waals surface area contributed by atoms with E-state index in [1.807, 2.05) is 6.92 Å². The van der Waals surface area contributed by atoms with E-state index < -0.39 is 9.84 Å². The Kier molecular flexibility index (Phi) is 4.96. The van der Waals surface area contributed by atoms with E-state index in [1.165, 1.54) is 6.07 Å². The minimum absolute atomic E-state index is 0.148. The molecule has 0 bridgehead atoms. The van der Waals surface area contributed by atoms with E-state index in [-0.39, 0.29) is 11.6 Å². The molecule has 2 rings (SSSR count). The van der Waals surface area contributed by atoms with E-state index >= 15 is 0 Å². The van der Waals surface area contributed by atoms with E-state index in [2.05, 4.69) is 5.32 Å². The van der Waals surface area contributed by atoms with Crippen molar-refractivity contribution in [3.8, 4) is 0 Å². The summed E-state index contributed by atoms with van der Waals surface area (Å²) in [5, 5.41) is 3.08. The molecule has 5 heteroatoms. The summed E-state index contributed by atoms with van der Waals surface area (Å²) in [6.07, 6.45) is 0.593. The van der Waals surface area contributed by atoms with Gasteiger partial charge in [-0.15, -0.1) is 0 Å². The van der Waals surface area contributed by atoms with Gasteiger partial charge < -0.3 is 5.32 Å². The molecular weight excluding hydrogens is 289 g/mol. The maximum absolute atomic E-state index is 13.5. The number of anilines is 1. The average Bonchev–Trinajstić information content (AvgIpc) is 2.47. The van der Waals surface area contributed by atoms with Crippen LogP contribution < -0.4 is 5.32 Å². The topological polar surface area (TPSA) is 46.2 Å². The van der Waals surface area contributed by atoms with Crippen molar-refractivity contribution in [2.45, 2.75) is 24.8 Å². The smallest absolute Gasteiger partial charge is 0.178 e. The van der Waals surface area contributed by atoms with Crippen LogP contribution >= 0.6 is 0 Å². The SMILES string of the molecule is CCCS(=O)(=O)c1ccc(NCc2ccccc2F)cc1. The number of sulfone groups is 1. The standard InChI is InChI=1S/C16H18FNO2S/c1-2-11-21(19,20)15-9-7-14(8-10-15)18-12-13-5-3-4-6-16(13)17/h3-10,18H,2,11-12H2,1H3. The zero-order chi connectivity index (χ0) is 15.3. The molecule has 0 saturated heterocycles. The van der Waals surface area contributed by atoms with Gasteiger partial charge in [-0.25, -0.2) is 12.8 Å². The van der Waals surface area contributed by atoms with E-state index in [0.29, 0.717) is 23.4 Å². The van der Waals surface area contributed by atoms with Crippen molar-refractivity contribution in [2.24, 2.45) is 0 Å². The number of nitrogens with one attached hydrogen (secondary N) is 1. The number of hydrogen-bond donors (Lipinski definition) is 1. The summed E-state index contributed by atoms with van der Waals surface area (Å²) in [6, 6.07) is 13.1. The Bertz CT molecular complexity index is 696. The quantitative estimate of drug-likeness (QED) is 0.886. The first kappa shape index (κ1) is 15.5. The van der Waals surface area contributed by atoms with E-state index in [4.69, 9.17) is 0 Å². The highest BCUT2D eigenvalue weighted by atomic mass is 32.2. The van der Waals surface area contributed by atoms with Gasteiger partial charge in [-0.1, -0.05) is 25.1 Å². The monoisotopic (exact) mass is 307 g/mol. The average molecular weight is 307 g/mol. The van der Waals surface area contributed by atoms with Crippen molar-refractivity contribution in [1.82, 2.24) is 0 Å². The van der Waals surface area contributed by atoms with Gasteiger partial charge in [-0.05, 0) is 36.8 Å². The predicted molar refractivity (Wildman–Crippen MR) is 82.5 cm³/mol. The first-order valence-corrected chi connectivity index (χ1v) is 8.48. The lowest BCUT2D eigenvalue weighted by molar-refractivity contribution is 0.594. The van der Waals surface area contributed by atoms with Crippen LogP contribution in [0, 0.1) is 5.82 Å². The highest BCUT2D eigenvalue weighted by molar-refractivity contribution is 7.91. The zero-order valence-corrected chi connectivity index (χ0v) is 12.7. The van der Waals surface area contributed by atoms with E-state index in [9.17, 15) is 12.8 Å². The molecule has 0 spiro atoms. The summed E-state index contributed by atoms with van der Waals surface area (Å²) in [6.45, 7) is 2.19. The molecule has 21 heavy (non-hydrogen) atoms. The molecule has 1 N–H and O–H groups in total. The van der Waals surface area contributed by atoms with Crippen LogP contribution in [0.3, 0.4) is 0 Å². The second-order valence-corrected chi connectivity index (χ2v) is 6.90. The summed E-state index contributed by atoms with van der Waals surface area (Å²) >= 11 is 0. The fourth-order valence-electron chi connectivity index (χ4n) is 2.01. The van der Waals surface area contributed by atoms with Gasteiger partial charge in [-0.3, -0.25) is 0 Å². The molecule has 0 unspecified atom stereocenters. The fourth-order valence-corrected chi connectivity index (χ4v) is 3.33. The Morgan fingerprint density at radius 3 is 2.33 bits per heavy atom. The molecule has 112 valence electrons. The molecule has 0 aliphatic rings. The first-order chi connectivity index (χ1) is 10.0. The van der Waals surface area contributed by atoms with Crippen LogP contribution in [-0.4, -0.2) is 14.2 Å². The molecule has 0 saturated carbocycles. The molecule has 2 aromatic carbocycles. The molecule has 3 nitrogen and oxygen atoms in total. The summed E-state index contributed by atoms with van der Waals surface area (Å²) < 4.78 is 37.3. The summed E-state index contributed by atoms with van der Waals surface area (Å²) in [5.41, 5.74) is 1.33. The largest absolute Gasteiger partial charge is 0.381 e. The molecule has 0 aliphatic heterocycles. The van der Waals surface area contributed by atoms with Crippen molar-refractivity contribution in [3.05, 3.63) is 59.9 Å². The third-order valence-corrected chi connectivity index (χ3v) is 5.06. The zero-order valence-electron chi connectivity index (χ0n) is 11.8. The predicted octanol–water partition coefficient (Wildman–Crippen LogP) is 3.62. The van der Waals surface area contributed by atoms with Crippen LogP contribution in [-0.2, 0) is 16.4 Å². The molecule has 0 atom stereocenters. The number of halogens is 1. The normalized spacial score (nSPS) is 11.3. The van der Waals surface area contributed by atoms with Crippen molar-refractivity contribution in [1.29, 1.82) is 0 Å². The third-order valence-electron chi connectivity index (χ3n) is 3.13. The van der Waals surface area contributed by atoms with Gasteiger partial charge in [0.2, 0.25) is 0 Å². The van der Waals surface area contributed by atoms with Gasteiger partial charge in [0, 0.05) is 17.8 Å². The Labute approximate surface area is 124 Å². The lowest BCUT2D eigenvalue weighted by Gasteiger charge is -2.08. The summed E-state index contributed by atoms with van der Waals surface area (Å²) in [4.78, 5) is 0.320.